The SMILES string of the molecule is CC1CC(NC(=O)C2CCN(S(=O)(=O)c3ccccc3F)CC2)CCN1. The molecule has 1 amide bonds. The molecule has 0 spiro atoms. The Bertz CT molecular complexity index is 748. The van der Waals surface area contributed by atoms with Crippen LogP contribution in [0.15, 0.2) is 29.2 Å². The van der Waals surface area contributed by atoms with Gasteiger partial charge in [-0.05, 0) is 51.3 Å². The number of rotatable bonds is 4. The summed E-state index contributed by atoms with van der Waals surface area (Å²) in [5.41, 5.74) is 0. The number of halogens is 1. The molecule has 0 bridgehead atoms. The molecule has 2 aliphatic rings. The summed E-state index contributed by atoms with van der Waals surface area (Å²) in [7, 11) is -3.86. The summed E-state index contributed by atoms with van der Waals surface area (Å²) in [6.07, 6.45) is 2.74. The lowest BCUT2D eigenvalue weighted by Crippen LogP contribution is -2.49. The third-order valence-electron chi connectivity index (χ3n) is 5.25. The van der Waals surface area contributed by atoms with E-state index in [-0.39, 0.29) is 35.9 Å². The van der Waals surface area contributed by atoms with Crippen LogP contribution in [0.5, 0.6) is 0 Å². The number of benzene rings is 1. The number of sulfonamides is 1. The zero-order valence-electron chi connectivity index (χ0n) is 14.9. The second-order valence-corrected chi connectivity index (χ2v) is 9.10. The van der Waals surface area contributed by atoms with Gasteiger partial charge in [-0.25, -0.2) is 12.8 Å². The molecule has 1 aromatic rings. The van der Waals surface area contributed by atoms with Crippen molar-refractivity contribution in [2.75, 3.05) is 19.6 Å². The third kappa shape index (κ3) is 4.24. The van der Waals surface area contributed by atoms with Gasteiger partial charge in [0, 0.05) is 31.1 Å². The largest absolute Gasteiger partial charge is 0.353 e. The molecule has 144 valence electrons. The molecular weight excluding hydrogens is 357 g/mol. The molecule has 0 aromatic heterocycles. The van der Waals surface area contributed by atoms with Crippen molar-refractivity contribution in [2.24, 2.45) is 5.92 Å². The van der Waals surface area contributed by atoms with Crippen LogP contribution in [-0.4, -0.2) is 50.3 Å². The lowest BCUT2D eigenvalue weighted by molar-refractivity contribution is -0.127. The number of nitrogens with zero attached hydrogens (tertiary/aromatic N) is 1. The first-order valence-corrected chi connectivity index (χ1v) is 10.6. The Labute approximate surface area is 154 Å². The van der Waals surface area contributed by atoms with Crippen LogP contribution in [0.2, 0.25) is 0 Å². The Kier molecular flexibility index (Phi) is 5.94. The minimum absolute atomic E-state index is 0.00652. The maximum Gasteiger partial charge on any atom is 0.245 e. The Hall–Kier alpha value is -1.51. The highest BCUT2D eigenvalue weighted by Crippen LogP contribution is 2.25. The maximum atomic E-state index is 13.9. The van der Waals surface area contributed by atoms with Gasteiger partial charge < -0.3 is 10.6 Å². The summed E-state index contributed by atoms with van der Waals surface area (Å²) in [5.74, 6) is -0.924. The van der Waals surface area contributed by atoms with E-state index in [9.17, 15) is 17.6 Å². The van der Waals surface area contributed by atoms with Gasteiger partial charge in [-0.15, -0.1) is 0 Å². The van der Waals surface area contributed by atoms with Crippen molar-refractivity contribution in [1.82, 2.24) is 14.9 Å². The van der Waals surface area contributed by atoms with Crippen molar-refractivity contribution >= 4 is 15.9 Å². The van der Waals surface area contributed by atoms with Gasteiger partial charge in [0.2, 0.25) is 15.9 Å². The normalized spacial score (nSPS) is 25.8. The molecule has 2 aliphatic heterocycles. The minimum Gasteiger partial charge on any atom is -0.353 e. The lowest BCUT2D eigenvalue weighted by atomic mass is 9.95. The molecule has 0 radical (unpaired) electrons. The van der Waals surface area contributed by atoms with E-state index in [1.807, 2.05) is 0 Å². The van der Waals surface area contributed by atoms with E-state index in [0.29, 0.717) is 18.9 Å². The van der Waals surface area contributed by atoms with Gasteiger partial charge in [0.15, 0.2) is 0 Å². The van der Waals surface area contributed by atoms with Crippen molar-refractivity contribution in [3.63, 3.8) is 0 Å². The molecule has 6 nitrogen and oxygen atoms in total. The monoisotopic (exact) mass is 383 g/mol. The summed E-state index contributed by atoms with van der Waals surface area (Å²) in [5, 5.41) is 6.46. The molecular formula is C18H26FN3O3S. The predicted octanol–water partition coefficient (Wildman–Crippen LogP) is 1.48. The molecule has 2 unspecified atom stereocenters. The molecule has 0 saturated carbocycles. The van der Waals surface area contributed by atoms with Crippen molar-refractivity contribution in [3.8, 4) is 0 Å². The summed E-state index contributed by atoms with van der Waals surface area (Å²) in [6, 6.07) is 5.97. The highest BCUT2D eigenvalue weighted by Gasteiger charge is 2.34. The van der Waals surface area contributed by atoms with Crippen LogP contribution in [0.1, 0.15) is 32.6 Å². The fourth-order valence-corrected chi connectivity index (χ4v) is 5.27. The van der Waals surface area contributed by atoms with Crippen molar-refractivity contribution in [3.05, 3.63) is 30.1 Å². The van der Waals surface area contributed by atoms with Crippen LogP contribution in [-0.2, 0) is 14.8 Å². The van der Waals surface area contributed by atoms with E-state index in [1.165, 1.54) is 22.5 Å². The summed E-state index contributed by atoms with van der Waals surface area (Å²) in [6.45, 7) is 3.46. The molecule has 1 aromatic carbocycles. The number of carbonyl (C=O) groups is 1. The zero-order chi connectivity index (χ0) is 18.7. The van der Waals surface area contributed by atoms with Gasteiger partial charge in [-0.2, -0.15) is 4.31 Å². The number of carbonyl (C=O) groups excluding carboxylic acids is 1. The number of amides is 1. The van der Waals surface area contributed by atoms with E-state index in [1.54, 1.807) is 0 Å². The molecule has 2 atom stereocenters. The third-order valence-corrected chi connectivity index (χ3v) is 7.18. The highest BCUT2D eigenvalue weighted by atomic mass is 32.2. The molecule has 2 N–H and O–H groups in total. The minimum atomic E-state index is -3.86. The van der Waals surface area contributed by atoms with E-state index >= 15 is 0 Å². The van der Waals surface area contributed by atoms with Gasteiger partial charge in [0.05, 0.1) is 0 Å². The fourth-order valence-electron chi connectivity index (χ4n) is 3.73. The number of piperidine rings is 2. The van der Waals surface area contributed by atoms with Gasteiger partial charge in [0.25, 0.3) is 0 Å². The smallest absolute Gasteiger partial charge is 0.245 e. The van der Waals surface area contributed by atoms with Gasteiger partial charge in [-0.3, -0.25) is 4.79 Å². The summed E-state index contributed by atoms with van der Waals surface area (Å²) in [4.78, 5) is 12.2. The summed E-state index contributed by atoms with van der Waals surface area (Å²) < 4.78 is 40.4. The van der Waals surface area contributed by atoms with Crippen LogP contribution in [0.4, 0.5) is 4.39 Å². The van der Waals surface area contributed by atoms with Crippen LogP contribution < -0.4 is 10.6 Å². The second kappa shape index (κ2) is 8.02. The average molecular weight is 383 g/mol. The van der Waals surface area contributed by atoms with Crippen molar-refractivity contribution < 1.29 is 17.6 Å². The number of hydrogen-bond acceptors (Lipinski definition) is 4. The van der Waals surface area contributed by atoms with Crippen LogP contribution >= 0.6 is 0 Å². The summed E-state index contributed by atoms with van der Waals surface area (Å²) >= 11 is 0. The molecule has 8 heteroatoms. The Balaban J connectivity index is 1.57. The molecule has 0 aliphatic carbocycles. The van der Waals surface area contributed by atoms with Gasteiger partial charge in [-0.1, -0.05) is 12.1 Å². The molecule has 2 fully saturated rings. The molecule has 2 heterocycles. The van der Waals surface area contributed by atoms with Crippen LogP contribution in [0.25, 0.3) is 0 Å². The number of nitrogens with one attached hydrogen (secondary N) is 2. The van der Waals surface area contributed by atoms with Crippen molar-refractivity contribution in [1.29, 1.82) is 0 Å². The predicted molar refractivity (Wildman–Crippen MR) is 96.5 cm³/mol. The topological polar surface area (TPSA) is 78.5 Å². The van der Waals surface area contributed by atoms with Crippen LogP contribution in [0, 0.1) is 11.7 Å². The Morgan fingerprint density at radius 1 is 1.23 bits per heavy atom. The van der Waals surface area contributed by atoms with E-state index < -0.39 is 15.8 Å². The first-order chi connectivity index (χ1) is 12.4. The van der Waals surface area contributed by atoms with Gasteiger partial charge >= 0.3 is 0 Å². The van der Waals surface area contributed by atoms with E-state index in [4.69, 9.17) is 0 Å². The lowest BCUT2D eigenvalue weighted by Gasteiger charge is -2.33. The second-order valence-electron chi connectivity index (χ2n) is 7.19. The standard InChI is InChI=1S/C18H26FN3O3S/c1-13-12-15(6-9-20-13)21-18(23)14-7-10-22(11-8-14)26(24,25)17-5-3-2-4-16(17)19/h2-5,13-15,20H,6-12H2,1H3,(H,21,23). The van der Waals surface area contributed by atoms with Gasteiger partial charge in [0.1, 0.15) is 10.7 Å². The quantitative estimate of drug-likeness (QED) is 0.826. The van der Waals surface area contributed by atoms with E-state index in [0.717, 1.165) is 25.5 Å². The first-order valence-electron chi connectivity index (χ1n) is 9.16. The molecule has 2 saturated heterocycles. The zero-order valence-corrected chi connectivity index (χ0v) is 15.8. The van der Waals surface area contributed by atoms with Crippen LogP contribution in [0.3, 0.4) is 0 Å². The van der Waals surface area contributed by atoms with Crippen molar-refractivity contribution in [2.45, 2.75) is 49.6 Å². The maximum absolute atomic E-state index is 13.9. The molecule has 3 rings (SSSR count). The highest BCUT2D eigenvalue weighted by molar-refractivity contribution is 7.89. The first kappa shape index (κ1) is 19.3. The number of hydrogen-bond donors (Lipinski definition) is 2. The molecule has 26 heavy (non-hydrogen) atoms. The van der Waals surface area contributed by atoms with E-state index in [2.05, 4.69) is 17.6 Å². The Morgan fingerprint density at radius 2 is 1.92 bits per heavy atom. The Morgan fingerprint density at radius 3 is 2.58 bits per heavy atom. The average Bonchev–Trinajstić information content (AvgIpc) is 2.62. The fraction of sp³-hybridized carbons (Fsp3) is 0.611.